The minimum atomic E-state index is -0.341. The van der Waals surface area contributed by atoms with Crippen molar-refractivity contribution in [2.45, 2.75) is 6.92 Å². The molecular weight excluding hydrogens is 318 g/mol. The van der Waals surface area contributed by atoms with E-state index in [1.54, 1.807) is 13.0 Å². The van der Waals surface area contributed by atoms with Gasteiger partial charge >= 0.3 is 0 Å². The third-order valence-electron chi connectivity index (χ3n) is 2.41. The summed E-state index contributed by atoms with van der Waals surface area (Å²) in [6.45, 7) is 1.73. The quantitative estimate of drug-likeness (QED) is 0.788. The van der Waals surface area contributed by atoms with Gasteiger partial charge in [-0.2, -0.15) is 0 Å². The SMILES string of the molecule is Cc1cc(C(=O)Nc2nc(-c3ccc(Cl)s3)cs2)no1. The molecule has 0 spiro atoms. The summed E-state index contributed by atoms with van der Waals surface area (Å²) in [5, 5.41) is 8.72. The Morgan fingerprint density at radius 3 is 2.95 bits per heavy atom. The molecule has 0 saturated carbocycles. The first kappa shape index (κ1) is 13.3. The third-order valence-corrected chi connectivity index (χ3v) is 4.42. The lowest BCUT2D eigenvalue weighted by Crippen LogP contribution is -2.11. The van der Waals surface area contributed by atoms with Gasteiger partial charge in [0.25, 0.3) is 5.91 Å². The van der Waals surface area contributed by atoms with Crippen LogP contribution in [0.2, 0.25) is 4.34 Å². The fourth-order valence-electron chi connectivity index (χ4n) is 1.53. The lowest BCUT2D eigenvalue weighted by atomic mass is 10.3. The Morgan fingerprint density at radius 2 is 2.30 bits per heavy atom. The highest BCUT2D eigenvalue weighted by Gasteiger charge is 2.14. The van der Waals surface area contributed by atoms with E-state index in [1.165, 1.54) is 22.7 Å². The number of thiophene rings is 1. The molecule has 1 N–H and O–H groups in total. The van der Waals surface area contributed by atoms with Gasteiger partial charge in [0.15, 0.2) is 10.8 Å². The summed E-state index contributed by atoms with van der Waals surface area (Å²) < 4.78 is 5.57. The number of carbonyl (C=O) groups excluding carboxylic acids is 1. The van der Waals surface area contributed by atoms with Crippen LogP contribution in [0, 0.1) is 6.92 Å². The molecule has 3 heterocycles. The van der Waals surface area contributed by atoms with Gasteiger partial charge in [-0.05, 0) is 19.1 Å². The minimum Gasteiger partial charge on any atom is -0.361 e. The van der Waals surface area contributed by atoms with Crippen molar-refractivity contribution in [2.75, 3.05) is 5.32 Å². The molecule has 0 fully saturated rings. The Bertz CT molecular complexity index is 762. The highest BCUT2D eigenvalue weighted by Crippen LogP contribution is 2.32. The number of hydrogen-bond donors (Lipinski definition) is 1. The third kappa shape index (κ3) is 2.74. The predicted octanol–water partition coefficient (Wildman–Crippen LogP) is 4.07. The number of aryl methyl sites for hydroxylation is 1. The van der Waals surface area contributed by atoms with Crippen LogP contribution >= 0.6 is 34.3 Å². The molecule has 102 valence electrons. The topological polar surface area (TPSA) is 68.0 Å². The van der Waals surface area contributed by atoms with E-state index < -0.39 is 0 Å². The van der Waals surface area contributed by atoms with Gasteiger partial charge in [-0.25, -0.2) is 4.98 Å². The first-order valence-corrected chi connectivity index (χ1v) is 7.65. The summed E-state index contributed by atoms with van der Waals surface area (Å²) in [7, 11) is 0. The van der Waals surface area contributed by atoms with Crippen molar-refractivity contribution in [1.29, 1.82) is 0 Å². The summed E-state index contributed by atoms with van der Waals surface area (Å²) in [6, 6.07) is 5.29. The van der Waals surface area contributed by atoms with Crippen LogP contribution in [0.4, 0.5) is 5.13 Å². The normalized spacial score (nSPS) is 10.7. The molecular formula is C12H8ClN3O2S2. The fraction of sp³-hybridized carbons (Fsp3) is 0.0833. The highest BCUT2D eigenvalue weighted by molar-refractivity contribution is 7.20. The molecule has 3 rings (SSSR count). The molecule has 0 unspecified atom stereocenters. The average Bonchev–Trinajstić information content (AvgIpc) is 3.10. The van der Waals surface area contributed by atoms with Gasteiger partial charge in [0.1, 0.15) is 5.76 Å². The summed E-state index contributed by atoms with van der Waals surface area (Å²) in [5.41, 5.74) is 1.02. The standard InChI is InChI=1S/C12H8ClN3O2S2/c1-6-4-7(16-18-6)11(17)15-12-14-8(5-19-12)9-2-3-10(13)20-9/h2-5H,1H3,(H,14,15,17). The maximum absolute atomic E-state index is 11.9. The molecule has 5 nitrogen and oxygen atoms in total. The van der Waals surface area contributed by atoms with E-state index in [1.807, 2.05) is 17.5 Å². The molecule has 0 aliphatic rings. The van der Waals surface area contributed by atoms with Gasteiger partial charge in [0.2, 0.25) is 0 Å². The van der Waals surface area contributed by atoms with Crippen LogP contribution in [-0.2, 0) is 0 Å². The molecule has 0 aliphatic heterocycles. The van der Waals surface area contributed by atoms with E-state index in [4.69, 9.17) is 16.1 Å². The number of nitrogens with one attached hydrogen (secondary N) is 1. The second-order valence-corrected chi connectivity index (χ2v) is 6.49. The van der Waals surface area contributed by atoms with Gasteiger partial charge in [-0.15, -0.1) is 22.7 Å². The van der Waals surface area contributed by atoms with Crippen molar-refractivity contribution in [3.63, 3.8) is 0 Å². The van der Waals surface area contributed by atoms with E-state index >= 15 is 0 Å². The Labute approximate surface area is 127 Å². The first-order chi connectivity index (χ1) is 9.61. The van der Waals surface area contributed by atoms with Crippen molar-refractivity contribution in [1.82, 2.24) is 10.1 Å². The summed E-state index contributed by atoms with van der Waals surface area (Å²) >= 11 is 8.68. The number of amides is 1. The molecule has 0 radical (unpaired) electrons. The van der Waals surface area contributed by atoms with Crippen LogP contribution in [0.15, 0.2) is 28.1 Å². The molecule has 3 aromatic rings. The number of hydrogen-bond acceptors (Lipinski definition) is 6. The van der Waals surface area contributed by atoms with Crippen LogP contribution < -0.4 is 5.32 Å². The van der Waals surface area contributed by atoms with E-state index in [9.17, 15) is 4.79 Å². The predicted molar refractivity (Wildman–Crippen MR) is 79.6 cm³/mol. The van der Waals surface area contributed by atoms with E-state index in [0.29, 0.717) is 15.2 Å². The zero-order valence-corrected chi connectivity index (χ0v) is 12.6. The second kappa shape index (κ2) is 5.35. The number of thiazole rings is 1. The summed E-state index contributed by atoms with van der Waals surface area (Å²) in [4.78, 5) is 17.2. The largest absolute Gasteiger partial charge is 0.361 e. The lowest BCUT2D eigenvalue weighted by molar-refractivity contribution is 0.101. The Kier molecular flexibility index (Phi) is 3.56. The molecule has 0 atom stereocenters. The minimum absolute atomic E-state index is 0.235. The molecule has 0 saturated heterocycles. The lowest BCUT2D eigenvalue weighted by Gasteiger charge is -1.96. The number of nitrogens with zero attached hydrogens (tertiary/aromatic N) is 2. The zero-order valence-electron chi connectivity index (χ0n) is 10.2. The number of carbonyl (C=O) groups is 1. The Hall–Kier alpha value is -1.70. The van der Waals surface area contributed by atoms with Crippen LogP contribution in [0.3, 0.4) is 0 Å². The monoisotopic (exact) mass is 325 g/mol. The van der Waals surface area contributed by atoms with E-state index in [0.717, 1.165) is 10.6 Å². The van der Waals surface area contributed by atoms with Crippen molar-refractivity contribution in [2.24, 2.45) is 0 Å². The maximum atomic E-state index is 11.9. The average molecular weight is 326 g/mol. The number of aromatic nitrogens is 2. The second-order valence-electron chi connectivity index (χ2n) is 3.92. The smallest absolute Gasteiger partial charge is 0.279 e. The van der Waals surface area contributed by atoms with Crippen molar-refractivity contribution in [3.05, 3.63) is 39.4 Å². The number of anilines is 1. The van der Waals surface area contributed by atoms with Gasteiger partial charge in [0.05, 0.1) is 14.9 Å². The van der Waals surface area contributed by atoms with Crippen LogP contribution in [0.5, 0.6) is 0 Å². The highest BCUT2D eigenvalue weighted by atomic mass is 35.5. The van der Waals surface area contributed by atoms with Gasteiger partial charge in [-0.1, -0.05) is 16.8 Å². The van der Waals surface area contributed by atoms with Gasteiger partial charge < -0.3 is 4.52 Å². The van der Waals surface area contributed by atoms with Gasteiger partial charge in [-0.3, -0.25) is 10.1 Å². The summed E-state index contributed by atoms with van der Waals surface area (Å²) in [6.07, 6.45) is 0. The molecule has 8 heteroatoms. The van der Waals surface area contributed by atoms with Crippen molar-refractivity contribution in [3.8, 4) is 10.6 Å². The molecule has 0 aromatic carbocycles. The van der Waals surface area contributed by atoms with Crippen LogP contribution in [0.1, 0.15) is 16.2 Å². The first-order valence-electron chi connectivity index (χ1n) is 5.58. The summed E-state index contributed by atoms with van der Waals surface area (Å²) in [5.74, 6) is 0.246. The van der Waals surface area contributed by atoms with Crippen LogP contribution in [-0.4, -0.2) is 16.0 Å². The Balaban J connectivity index is 1.76. The zero-order chi connectivity index (χ0) is 14.1. The number of halogens is 1. The fourth-order valence-corrected chi connectivity index (χ4v) is 3.31. The molecule has 3 aromatic heterocycles. The Morgan fingerprint density at radius 1 is 1.45 bits per heavy atom. The van der Waals surface area contributed by atoms with E-state index in [-0.39, 0.29) is 11.6 Å². The molecule has 0 bridgehead atoms. The number of rotatable bonds is 3. The van der Waals surface area contributed by atoms with Crippen molar-refractivity contribution >= 4 is 45.3 Å². The van der Waals surface area contributed by atoms with Gasteiger partial charge in [0, 0.05) is 11.4 Å². The molecule has 0 aliphatic carbocycles. The van der Waals surface area contributed by atoms with E-state index in [2.05, 4.69) is 15.5 Å². The molecule has 1 amide bonds. The maximum Gasteiger partial charge on any atom is 0.279 e. The van der Waals surface area contributed by atoms with Crippen LogP contribution in [0.25, 0.3) is 10.6 Å². The van der Waals surface area contributed by atoms with Crippen molar-refractivity contribution < 1.29 is 9.32 Å². The molecule has 20 heavy (non-hydrogen) atoms.